The predicted molar refractivity (Wildman–Crippen MR) is 108 cm³/mol. The van der Waals surface area contributed by atoms with Crippen molar-refractivity contribution in [1.29, 1.82) is 0 Å². The Morgan fingerprint density at radius 1 is 1.07 bits per heavy atom. The molecule has 0 atom stereocenters. The third-order valence-corrected chi connectivity index (χ3v) is 5.23. The van der Waals surface area contributed by atoms with E-state index in [1.54, 1.807) is 12.1 Å². The second-order valence-electron chi connectivity index (χ2n) is 7.53. The number of quaternary nitrogens is 1. The van der Waals surface area contributed by atoms with Gasteiger partial charge in [0.2, 0.25) is 0 Å². The molecule has 0 aromatic heterocycles. The summed E-state index contributed by atoms with van der Waals surface area (Å²) in [6, 6.07) is 17.7. The summed E-state index contributed by atoms with van der Waals surface area (Å²) in [5.74, 6) is 0.516. The summed E-state index contributed by atoms with van der Waals surface area (Å²) in [4.78, 5) is 18.5. The number of hydrogen-bond acceptors (Lipinski definition) is 3. The third kappa shape index (κ3) is 5.23. The standard InChI is InChI=1S/C22H29N3O2/c1-18(2)25(16-19-6-4-3-5-7-19)22(27)17-23-12-14-24(15-13-23)20-8-10-21(26)11-9-20/h3-11,18,26H,12-17H2,1-2H3/p+1. The van der Waals surface area contributed by atoms with Crippen LogP contribution in [0.3, 0.4) is 0 Å². The van der Waals surface area contributed by atoms with E-state index in [1.807, 2.05) is 35.2 Å². The number of anilines is 1. The molecule has 2 N–H and O–H groups in total. The van der Waals surface area contributed by atoms with E-state index in [2.05, 4.69) is 30.9 Å². The van der Waals surface area contributed by atoms with E-state index in [0.29, 0.717) is 18.8 Å². The lowest BCUT2D eigenvalue weighted by molar-refractivity contribution is -0.892. The molecule has 0 saturated carbocycles. The Morgan fingerprint density at radius 2 is 1.70 bits per heavy atom. The van der Waals surface area contributed by atoms with E-state index in [0.717, 1.165) is 31.9 Å². The first-order chi connectivity index (χ1) is 13.0. The zero-order chi connectivity index (χ0) is 19.2. The highest BCUT2D eigenvalue weighted by Gasteiger charge is 2.26. The third-order valence-electron chi connectivity index (χ3n) is 5.23. The number of nitrogens with zero attached hydrogens (tertiary/aromatic N) is 2. The highest BCUT2D eigenvalue weighted by atomic mass is 16.3. The lowest BCUT2D eigenvalue weighted by Gasteiger charge is -2.35. The van der Waals surface area contributed by atoms with Crippen molar-refractivity contribution in [2.45, 2.75) is 26.4 Å². The summed E-state index contributed by atoms with van der Waals surface area (Å²) >= 11 is 0. The molecule has 5 nitrogen and oxygen atoms in total. The minimum Gasteiger partial charge on any atom is -0.508 e. The van der Waals surface area contributed by atoms with E-state index in [1.165, 1.54) is 10.5 Å². The second kappa shape index (κ2) is 8.91. The molecule has 0 aliphatic carbocycles. The van der Waals surface area contributed by atoms with Crippen molar-refractivity contribution in [2.75, 3.05) is 37.6 Å². The number of piperazine rings is 1. The molecular formula is C22H30N3O2+. The Balaban J connectivity index is 1.53. The zero-order valence-electron chi connectivity index (χ0n) is 16.3. The van der Waals surface area contributed by atoms with Crippen LogP contribution in [0.15, 0.2) is 54.6 Å². The van der Waals surface area contributed by atoms with Crippen LogP contribution in [0.4, 0.5) is 5.69 Å². The van der Waals surface area contributed by atoms with Gasteiger partial charge >= 0.3 is 0 Å². The lowest BCUT2D eigenvalue weighted by Crippen LogP contribution is -3.16. The van der Waals surface area contributed by atoms with E-state index < -0.39 is 0 Å². The summed E-state index contributed by atoms with van der Waals surface area (Å²) in [6.07, 6.45) is 0. The van der Waals surface area contributed by atoms with Crippen LogP contribution in [0.2, 0.25) is 0 Å². The molecule has 0 unspecified atom stereocenters. The van der Waals surface area contributed by atoms with Gasteiger partial charge in [-0.2, -0.15) is 0 Å². The molecule has 3 rings (SSSR count). The Bertz CT molecular complexity index is 723. The summed E-state index contributed by atoms with van der Waals surface area (Å²) in [5.41, 5.74) is 2.30. The number of carbonyl (C=O) groups is 1. The Morgan fingerprint density at radius 3 is 2.30 bits per heavy atom. The maximum Gasteiger partial charge on any atom is 0.278 e. The smallest absolute Gasteiger partial charge is 0.278 e. The topological polar surface area (TPSA) is 48.2 Å². The molecule has 5 heteroatoms. The molecule has 1 aliphatic rings. The fourth-order valence-corrected chi connectivity index (χ4v) is 3.58. The first-order valence-corrected chi connectivity index (χ1v) is 9.74. The van der Waals surface area contributed by atoms with Crippen molar-refractivity contribution < 1.29 is 14.8 Å². The van der Waals surface area contributed by atoms with Crippen LogP contribution in [0, 0.1) is 0 Å². The van der Waals surface area contributed by atoms with Crippen LogP contribution in [0.5, 0.6) is 5.75 Å². The minimum absolute atomic E-state index is 0.190. The van der Waals surface area contributed by atoms with Crippen molar-refractivity contribution in [3.05, 3.63) is 60.2 Å². The van der Waals surface area contributed by atoms with Gasteiger partial charge in [-0.05, 0) is 43.7 Å². The highest BCUT2D eigenvalue weighted by Crippen LogP contribution is 2.18. The number of phenolic OH excluding ortho intramolecular Hbond substituents is 1. The average Bonchev–Trinajstić information content (AvgIpc) is 2.68. The number of carbonyl (C=O) groups excluding carboxylic acids is 1. The number of hydrogen-bond donors (Lipinski definition) is 2. The van der Waals surface area contributed by atoms with Crippen LogP contribution < -0.4 is 9.80 Å². The molecule has 144 valence electrons. The normalized spacial score (nSPS) is 15.1. The number of nitrogens with one attached hydrogen (secondary N) is 1. The van der Waals surface area contributed by atoms with Gasteiger partial charge in [-0.15, -0.1) is 0 Å². The van der Waals surface area contributed by atoms with Crippen LogP contribution in [0.25, 0.3) is 0 Å². The van der Waals surface area contributed by atoms with Gasteiger partial charge in [0.25, 0.3) is 5.91 Å². The van der Waals surface area contributed by atoms with Gasteiger partial charge in [0.1, 0.15) is 5.75 Å². The first-order valence-electron chi connectivity index (χ1n) is 9.74. The zero-order valence-corrected chi connectivity index (χ0v) is 16.3. The van der Waals surface area contributed by atoms with Crippen molar-refractivity contribution in [1.82, 2.24) is 4.90 Å². The average molecular weight is 369 g/mol. The van der Waals surface area contributed by atoms with E-state index in [-0.39, 0.29) is 11.9 Å². The van der Waals surface area contributed by atoms with Crippen LogP contribution >= 0.6 is 0 Å². The van der Waals surface area contributed by atoms with Gasteiger partial charge in [0.05, 0.1) is 26.2 Å². The van der Waals surface area contributed by atoms with Crippen LogP contribution in [-0.2, 0) is 11.3 Å². The number of aromatic hydroxyl groups is 1. The number of amides is 1. The monoisotopic (exact) mass is 368 g/mol. The van der Waals surface area contributed by atoms with E-state index in [9.17, 15) is 9.90 Å². The van der Waals surface area contributed by atoms with Crippen LogP contribution in [0.1, 0.15) is 19.4 Å². The molecule has 27 heavy (non-hydrogen) atoms. The highest BCUT2D eigenvalue weighted by molar-refractivity contribution is 5.77. The summed E-state index contributed by atoms with van der Waals surface area (Å²) in [5, 5.41) is 9.43. The molecule has 2 aromatic carbocycles. The van der Waals surface area contributed by atoms with Gasteiger partial charge in [0, 0.05) is 18.3 Å². The van der Waals surface area contributed by atoms with Gasteiger partial charge < -0.3 is 19.8 Å². The molecule has 1 fully saturated rings. The molecule has 1 heterocycles. The molecule has 0 radical (unpaired) electrons. The number of benzene rings is 2. The van der Waals surface area contributed by atoms with Crippen molar-refractivity contribution in [3.8, 4) is 5.75 Å². The number of rotatable bonds is 6. The van der Waals surface area contributed by atoms with Crippen LogP contribution in [-0.4, -0.2) is 54.7 Å². The van der Waals surface area contributed by atoms with Gasteiger partial charge in [-0.3, -0.25) is 4.79 Å². The first kappa shape index (κ1) is 19.2. The summed E-state index contributed by atoms with van der Waals surface area (Å²) in [7, 11) is 0. The molecule has 1 amide bonds. The summed E-state index contributed by atoms with van der Waals surface area (Å²) in [6.45, 7) is 9.13. The fraction of sp³-hybridized carbons (Fsp3) is 0.409. The Labute approximate surface area is 161 Å². The van der Waals surface area contributed by atoms with Crippen molar-refractivity contribution in [3.63, 3.8) is 0 Å². The Hall–Kier alpha value is -2.53. The maximum absolute atomic E-state index is 12.9. The lowest BCUT2D eigenvalue weighted by atomic mass is 10.2. The molecule has 0 spiro atoms. The van der Waals surface area contributed by atoms with Crippen molar-refractivity contribution in [2.24, 2.45) is 0 Å². The SMILES string of the molecule is CC(C)N(Cc1ccccc1)C(=O)C[NH+]1CCN(c2ccc(O)cc2)CC1. The van der Waals surface area contributed by atoms with E-state index in [4.69, 9.17) is 0 Å². The maximum atomic E-state index is 12.9. The quantitative estimate of drug-likeness (QED) is 0.813. The van der Waals surface area contributed by atoms with E-state index >= 15 is 0 Å². The van der Waals surface area contributed by atoms with Gasteiger partial charge in [-0.25, -0.2) is 0 Å². The van der Waals surface area contributed by atoms with Gasteiger partial charge in [0.15, 0.2) is 6.54 Å². The van der Waals surface area contributed by atoms with Gasteiger partial charge in [-0.1, -0.05) is 30.3 Å². The molecule has 0 bridgehead atoms. The molecule has 2 aromatic rings. The minimum atomic E-state index is 0.190. The molecule has 1 aliphatic heterocycles. The summed E-state index contributed by atoms with van der Waals surface area (Å²) < 4.78 is 0. The predicted octanol–water partition coefficient (Wildman–Crippen LogP) is 1.53. The second-order valence-corrected chi connectivity index (χ2v) is 7.53. The fourth-order valence-electron chi connectivity index (χ4n) is 3.58. The molecular weight excluding hydrogens is 338 g/mol. The largest absolute Gasteiger partial charge is 0.508 e. The molecule has 1 saturated heterocycles. The number of phenols is 1. The Kier molecular flexibility index (Phi) is 6.35. The van der Waals surface area contributed by atoms with Crippen molar-refractivity contribution >= 4 is 11.6 Å².